The third-order valence-electron chi connectivity index (χ3n) is 2.80. The zero-order chi connectivity index (χ0) is 12.7. The minimum atomic E-state index is -0.318. The van der Waals surface area contributed by atoms with Gasteiger partial charge < -0.3 is 4.98 Å². The number of rotatable bonds is 1. The quantitative estimate of drug-likeness (QED) is 0.742. The van der Waals surface area contributed by atoms with Gasteiger partial charge >= 0.3 is 0 Å². The SMILES string of the molecule is Cc1ccnc2nc(-c3c(F)cccc3Br)[nH]c12. The first-order chi connectivity index (χ1) is 8.66. The van der Waals surface area contributed by atoms with Gasteiger partial charge in [-0.3, -0.25) is 0 Å². The summed E-state index contributed by atoms with van der Waals surface area (Å²) in [7, 11) is 0. The molecule has 0 aliphatic carbocycles. The number of pyridine rings is 1. The van der Waals surface area contributed by atoms with Gasteiger partial charge in [-0.15, -0.1) is 0 Å². The molecule has 0 atom stereocenters. The number of benzene rings is 1. The van der Waals surface area contributed by atoms with Crippen LogP contribution in [0.5, 0.6) is 0 Å². The second kappa shape index (κ2) is 4.17. The molecule has 0 aliphatic heterocycles. The van der Waals surface area contributed by atoms with Gasteiger partial charge in [0.2, 0.25) is 0 Å². The van der Waals surface area contributed by atoms with E-state index in [9.17, 15) is 4.39 Å². The molecule has 3 aromatic rings. The van der Waals surface area contributed by atoms with E-state index < -0.39 is 0 Å². The lowest BCUT2D eigenvalue weighted by Gasteiger charge is -2.01. The highest BCUT2D eigenvalue weighted by Crippen LogP contribution is 2.30. The van der Waals surface area contributed by atoms with Crippen molar-refractivity contribution < 1.29 is 4.39 Å². The molecule has 0 bridgehead atoms. The van der Waals surface area contributed by atoms with E-state index in [4.69, 9.17) is 0 Å². The molecule has 0 radical (unpaired) electrons. The topological polar surface area (TPSA) is 41.6 Å². The summed E-state index contributed by atoms with van der Waals surface area (Å²) in [6, 6.07) is 6.73. The normalized spacial score (nSPS) is 11.1. The van der Waals surface area contributed by atoms with Gasteiger partial charge in [0.25, 0.3) is 0 Å². The highest BCUT2D eigenvalue weighted by atomic mass is 79.9. The van der Waals surface area contributed by atoms with Crippen LogP contribution < -0.4 is 0 Å². The third-order valence-corrected chi connectivity index (χ3v) is 3.46. The Bertz CT molecular complexity index is 716. The van der Waals surface area contributed by atoms with Crippen molar-refractivity contribution in [1.29, 1.82) is 0 Å². The van der Waals surface area contributed by atoms with E-state index in [0.717, 1.165) is 11.1 Å². The van der Waals surface area contributed by atoms with Gasteiger partial charge in [0.05, 0.1) is 11.1 Å². The van der Waals surface area contributed by atoms with E-state index in [0.29, 0.717) is 21.5 Å². The zero-order valence-corrected chi connectivity index (χ0v) is 11.1. The van der Waals surface area contributed by atoms with Gasteiger partial charge in [-0.2, -0.15) is 0 Å². The summed E-state index contributed by atoms with van der Waals surface area (Å²) in [5.41, 5.74) is 2.89. The van der Waals surface area contributed by atoms with Crippen molar-refractivity contribution in [3.05, 3.63) is 46.3 Å². The Kier molecular flexibility index (Phi) is 2.63. The molecule has 0 spiro atoms. The lowest BCUT2D eigenvalue weighted by Crippen LogP contribution is -1.87. The Hall–Kier alpha value is -1.75. The average molecular weight is 306 g/mol. The van der Waals surface area contributed by atoms with E-state index in [2.05, 4.69) is 30.9 Å². The van der Waals surface area contributed by atoms with Crippen LogP contribution in [0.15, 0.2) is 34.9 Å². The number of hydrogen-bond acceptors (Lipinski definition) is 2. The molecule has 3 rings (SSSR count). The monoisotopic (exact) mass is 305 g/mol. The molecular formula is C13H9BrFN3. The third kappa shape index (κ3) is 1.71. The summed E-state index contributed by atoms with van der Waals surface area (Å²) in [4.78, 5) is 11.6. The fraction of sp³-hybridized carbons (Fsp3) is 0.0769. The zero-order valence-electron chi connectivity index (χ0n) is 9.54. The van der Waals surface area contributed by atoms with E-state index in [1.165, 1.54) is 6.07 Å². The number of halogens is 2. The Morgan fingerprint density at radius 2 is 2.11 bits per heavy atom. The predicted molar refractivity (Wildman–Crippen MR) is 71.7 cm³/mol. The van der Waals surface area contributed by atoms with Crippen molar-refractivity contribution in [3.8, 4) is 11.4 Å². The number of fused-ring (bicyclic) bond motifs is 1. The first-order valence-electron chi connectivity index (χ1n) is 5.42. The van der Waals surface area contributed by atoms with Crippen molar-refractivity contribution >= 4 is 27.1 Å². The first kappa shape index (κ1) is 11.3. The van der Waals surface area contributed by atoms with Crippen LogP contribution in [-0.2, 0) is 0 Å². The standard InChI is InChI=1S/C13H9BrFN3/c1-7-5-6-16-13-11(7)17-12(18-13)10-8(14)3-2-4-9(10)15/h2-6H,1H3,(H,16,17,18). The Balaban J connectivity index is 2.30. The molecule has 0 unspecified atom stereocenters. The summed E-state index contributed by atoms with van der Waals surface area (Å²) in [6.07, 6.45) is 1.69. The minimum Gasteiger partial charge on any atom is -0.336 e. The molecule has 2 aromatic heterocycles. The molecule has 1 N–H and O–H groups in total. The molecule has 1 aromatic carbocycles. The van der Waals surface area contributed by atoms with E-state index in [1.54, 1.807) is 18.3 Å². The largest absolute Gasteiger partial charge is 0.336 e. The minimum absolute atomic E-state index is 0.318. The van der Waals surface area contributed by atoms with Crippen LogP contribution in [0.4, 0.5) is 4.39 Å². The molecule has 0 saturated carbocycles. The molecule has 3 nitrogen and oxygen atoms in total. The van der Waals surface area contributed by atoms with Gasteiger partial charge in [0.1, 0.15) is 11.6 Å². The maximum absolute atomic E-state index is 13.9. The summed E-state index contributed by atoms with van der Waals surface area (Å²) >= 11 is 3.34. The number of aryl methyl sites for hydroxylation is 1. The van der Waals surface area contributed by atoms with Crippen molar-refractivity contribution in [1.82, 2.24) is 15.0 Å². The molecule has 90 valence electrons. The lowest BCUT2D eigenvalue weighted by molar-refractivity contribution is 0.629. The molecule has 0 aliphatic rings. The number of H-pyrrole nitrogens is 1. The van der Waals surface area contributed by atoms with Crippen LogP contribution in [0.3, 0.4) is 0 Å². The number of nitrogens with one attached hydrogen (secondary N) is 1. The van der Waals surface area contributed by atoms with Crippen LogP contribution in [0.25, 0.3) is 22.6 Å². The van der Waals surface area contributed by atoms with Gasteiger partial charge in [0, 0.05) is 10.7 Å². The van der Waals surface area contributed by atoms with Crippen molar-refractivity contribution in [3.63, 3.8) is 0 Å². The maximum Gasteiger partial charge on any atom is 0.178 e. The van der Waals surface area contributed by atoms with Crippen LogP contribution in [0.2, 0.25) is 0 Å². The highest BCUT2D eigenvalue weighted by Gasteiger charge is 2.14. The van der Waals surface area contributed by atoms with Crippen molar-refractivity contribution in [2.75, 3.05) is 0 Å². The first-order valence-corrected chi connectivity index (χ1v) is 6.22. The summed E-state index contributed by atoms with van der Waals surface area (Å²) in [6.45, 7) is 1.96. The molecule has 0 fully saturated rings. The number of aromatic nitrogens is 3. The predicted octanol–water partition coefficient (Wildman–Crippen LogP) is 3.83. The Morgan fingerprint density at radius 1 is 1.28 bits per heavy atom. The van der Waals surface area contributed by atoms with E-state index in [-0.39, 0.29) is 5.82 Å². The fourth-order valence-corrected chi connectivity index (χ4v) is 2.41. The summed E-state index contributed by atoms with van der Waals surface area (Å²) in [5, 5.41) is 0. The molecule has 0 amide bonds. The lowest BCUT2D eigenvalue weighted by atomic mass is 10.2. The van der Waals surface area contributed by atoms with Crippen molar-refractivity contribution in [2.24, 2.45) is 0 Å². The van der Waals surface area contributed by atoms with E-state index >= 15 is 0 Å². The number of hydrogen-bond donors (Lipinski definition) is 1. The Morgan fingerprint density at radius 3 is 2.83 bits per heavy atom. The van der Waals surface area contributed by atoms with Gasteiger partial charge in [-0.1, -0.05) is 6.07 Å². The second-order valence-corrected chi connectivity index (χ2v) is 4.86. The van der Waals surface area contributed by atoms with Crippen LogP contribution in [0.1, 0.15) is 5.56 Å². The molecule has 0 saturated heterocycles. The highest BCUT2D eigenvalue weighted by molar-refractivity contribution is 9.10. The maximum atomic E-state index is 13.9. The fourth-order valence-electron chi connectivity index (χ4n) is 1.88. The van der Waals surface area contributed by atoms with E-state index in [1.807, 2.05) is 13.0 Å². The van der Waals surface area contributed by atoms with Gasteiger partial charge in [-0.05, 0) is 46.6 Å². The molecular weight excluding hydrogens is 297 g/mol. The van der Waals surface area contributed by atoms with Crippen LogP contribution in [-0.4, -0.2) is 15.0 Å². The van der Waals surface area contributed by atoms with Crippen LogP contribution >= 0.6 is 15.9 Å². The smallest absolute Gasteiger partial charge is 0.178 e. The summed E-state index contributed by atoms with van der Waals surface area (Å²) in [5.74, 6) is 0.165. The van der Waals surface area contributed by atoms with Gasteiger partial charge in [-0.25, -0.2) is 14.4 Å². The molecule has 2 heterocycles. The molecule has 5 heteroatoms. The average Bonchev–Trinajstić information content (AvgIpc) is 2.74. The van der Waals surface area contributed by atoms with Crippen LogP contribution in [0, 0.1) is 12.7 Å². The second-order valence-electron chi connectivity index (χ2n) is 4.01. The Labute approximate surface area is 111 Å². The number of aromatic amines is 1. The number of nitrogens with zero attached hydrogens (tertiary/aromatic N) is 2. The number of imidazole rings is 1. The molecule has 18 heavy (non-hydrogen) atoms. The van der Waals surface area contributed by atoms with Crippen molar-refractivity contribution in [2.45, 2.75) is 6.92 Å². The van der Waals surface area contributed by atoms with Gasteiger partial charge in [0.15, 0.2) is 5.65 Å². The summed E-state index contributed by atoms with van der Waals surface area (Å²) < 4.78 is 14.5.